The van der Waals surface area contributed by atoms with Crippen LogP contribution in [0, 0.1) is 10.1 Å². The van der Waals surface area contributed by atoms with Crippen LogP contribution in [0.2, 0.25) is 0 Å². The molecule has 0 atom stereocenters. The predicted octanol–water partition coefficient (Wildman–Crippen LogP) is 4.10. The standard InChI is InChI=1S/C17H10N4O3S2/c22-15-14(9-10-4-3-5-11(8-10)21(23)24)26-17(19-15)20-16-18-12-6-1-2-7-13(12)25-16/h1-9H,(H,18,19,20,22)/b14-9-. The number of thiazole rings is 1. The van der Waals surface area contributed by atoms with E-state index >= 15 is 0 Å². The maximum atomic E-state index is 12.1. The zero-order chi connectivity index (χ0) is 18.1. The lowest BCUT2D eigenvalue weighted by Gasteiger charge is -1.95. The van der Waals surface area contributed by atoms with Gasteiger partial charge in [0, 0.05) is 12.1 Å². The van der Waals surface area contributed by atoms with Crippen LogP contribution >= 0.6 is 23.1 Å². The van der Waals surface area contributed by atoms with E-state index in [-0.39, 0.29) is 11.6 Å². The molecule has 0 aliphatic carbocycles. The molecule has 0 unspecified atom stereocenters. The second kappa shape index (κ2) is 6.70. The molecule has 0 bridgehead atoms. The number of amidine groups is 1. The summed E-state index contributed by atoms with van der Waals surface area (Å²) in [6.07, 6.45) is 1.61. The molecule has 1 aliphatic rings. The van der Waals surface area contributed by atoms with Gasteiger partial charge in [-0.15, -0.1) is 0 Å². The van der Waals surface area contributed by atoms with Gasteiger partial charge in [-0.05, 0) is 35.5 Å². The van der Waals surface area contributed by atoms with Gasteiger partial charge in [-0.2, -0.15) is 4.99 Å². The SMILES string of the molecule is O=C1N/C(=N\c2nc3ccccc3s2)S/C1=C\c1cccc([N+](=O)[O-])c1. The number of hydrogen-bond acceptors (Lipinski definition) is 7. The number of rotatable bonds is 3. The highest BCUT2D eigenvalue weighted by atomic mass is 32.2. The molecule has 1 N–H and O–H groups in total. The first kappa shape index (κ1) is 16.4. The molecule has 0 spiro atoms. The van der Waals surface area contributed by atoms with Crippen molar-refractivity contribution < 1.29 is 9.72 Å². The minimum atomic E-state index is -0.468. The highest BCUT2D eigenvalue weighted by Crippen LogP contribution is 2.32. The largest absolute Gasteiger partial charge is 0.300 e. The average molecular weight is 382 g/mol. The van der Waals surface area contributed by atoms with Crippen LogP contribution in [-0.2, 0) is 4.79 Å². The predicted molar refractivity (Wildman–Crippen MR) is 104 cm³/mol. The Hall–Kier alpha value is -3.04. The molecule has 2 aromatic carbocycles. The molecular formula is C17H10N4O3S2. The quantitative estimate of drug-likeness (QED) is 0.418. The van der Waals surface area contributed by atoms with Crippen LogP contribution in [0.5, 0.6) is 0 Å². The molecule has 4 rings (SSSR count). The highest BCUT2D eigenvalue weighted by Gasteiger charge is 2.24. The summed E-state index contributed by atoms with van der Waals surface area (Å²) >= 11 is 2.62. The average Bonchev–Trinajstić information content (AvgIpc) is 3.18. The Balaban J connectivity index is 1.60. The van der Waals surface area contributed by atoms with E-state index in [2.05, 4.69) is 15.3 Å². The third-order valence-electron chi connectivity index (χ3n) is 3.51. The molecule has 0 radical (unpaired) electrons. The minimum Gasteiger partial charge on any atom is -0.300 e. The van der Waals surface area contributed by atoms with Crippen molar-refractivity contribution in [2.24, 2.45) is 4.99 Å². The number of nitro benzene ring substituents is 1. The number of nitro groups is 1. The molecule has 1 aromatic heterocycles. The number of benzene rings is 2. The highest BCUT2D eigenvalue weighted by molar-refractivity contribution is 8.18. The number of para-hydroxylation sites is 1. The van der Waals surface area contributed by atoms with Gasteiger partial charge < -0.3 is 5.32 Å². The number of fused-ring (bicyclic) bond motifs is 1. The van der Waals surface area contributed by atoms with Crippen molar-refractivity contribution in [1.82, 2.24) is 10.3 Å². The van der Waals surface area contributed by atoms with Gasteiger partial charge in [-0.1, -0.05) is 35.6 Å². The molecule has 128 valence electrons. The lowest BCUT2D eigenvalue weighted by molar-refractivity contribution is -0.384. The fraction of sp³-hybridized carbons (Fsp3) is 0. The Bertz CT molecular complexity index is 1070. The van der Waals surface area contributed by atoms with Crippen LogP contribution in [0.15, 0.2) is 58.4 Å². The van der Waals surface area contributed by atoms with Gasteiger partial charge in [0.05, 0.1) is 20.0 Å². The maximum absolute atomic E-state index is 12.1. The number of non-ortho nitro benzene ring substituents is 1. The van der Waals surface area contributed by atoms with E-state index in [4.69, 9.17) is 0 Å². The summed E-state index contributed by atoms with van der Waals surface area (Å²) in [5, 5.41) is 14.5. The van der Waals surface area contributed by atoms with Gasteiger partial charge in [0.25, 0.3) is 11.6 Å². The number of hydrogen-bond donors (Lipinski definition) is 1. The number of aromatic nitrogens is 1. The Labute approximate surface area is 155 Å². The van der Waals surface area contributed by atoms with E-state index in [0.717, 1.165) is 10.2 Å². The third-order valence-corrected chi connectivity index (χ3v) is 5.35. The van der Waals surface area contributed by atoms with Crippen LogP contribution in [0.1, 0.15) is 5.56 Å². The normalized spacial score (nSPS) is 17.2. The monoisotopic (exact) mass is 382 g/mol. The summed E-state index contributed by atoms with van der Waals surface area (Å²) in [6, 6.07) is 13.8. The molecule has 2 heterocycles. The molecule has 7 nitrogen and oxygen atoms in total. The first-order chi connectivity index (χ1) is 12.6. The van der Waals surface area contributed by atoms with Crippen LogP contribution in [0.4, 0.5) is 10.8 Å². The van der Waals surface area contributed by atoms with Crippen molar-refractivity contribution in [2.45, 2.75) is 0 Å². The summed E-state index contributed by atoms with van der Waals surface area (Å²) in [5.41, 5.74) is 1.42. The van der Waals surface area contributed by atoms with Gasteiger partial charge in [0.1, 0.15) is 0 Å². The molecule has 1 saturated heterocycles. The van der Waals surface area contributed by atoms with Crippen molar-refractivity contribution in [3.63, 3.8) is 0 Å². The van der Waals surface area contributed by atoms with Gasteiger partial charge in [-0.25, -0.2) is 4.98 Å². The topological polar surface area (TPSA) is 97.5 Å². The van der Waals surface area contributed by atoms with Gasteiger partial charge in [0.15, 0.2) is 5.17 Å². The first-order valence-corrected chi connectivity index (χ1v) is 9.11. The minimum absolute atomic E-state index is 0.0221. The summed E-state index contributed by atoms with van der Waals surface area (Å²) < 4.78 is 1.02. The number of thioether (sulfide) groups is 1. The molecule has 3 aromatic rings. The van der Waals surface area contributed by atoms with E-state index < -0.39 is 4.92 Å². The Morgan fingerprint density at radius 2 is 2.04 bits per heavy atom. The lowest BCUT2D eigenvalue weighted by Crippen LogP contribution is -2.19. The molecule has 1 aliphatic heterocycles. The van der Waals surface area contributed by atoms with Crippen molar-refractivity contribution >= 4 is 61.3 Å². The summed E-state index contributed by atoms with van der Waals surface area (Å²) in [4.78, 5) is 31.8. The van der Waals surface area contributed by atoms with E-state index in [1.54, 1.807) is 18.2 Å². The van der Waals surface area contributed by atoms with Gasteiger partial charge >= 0.3 is 0 Å². The van der Waals surface area contributed by atoms with Crippen molar-refractivity contribution in [2.75, 3.05) is 0 Å². The van der Waals surface area contributed by atoms with Gasteiger partial charge in [0.2, 0.25) is 5.13 Å². The zero-order valence-electron chi connectivity index (χ0n) is 13.1. The molecule has 26 heavy (non-hydrogen) atoms. The van der Waals surface area contributed by atoms with Crippen LogP contribution in [-0.4, -0.2) is 21.0 Å². The second-order valence-electron chi connectivity index (χ2n) is 5.30. The van der Waals surface area contributed by atoms with Crippen LogP contribution in [0.3, 0.4) is 0 Å². The third kappa shape index (κ3) is 3.35. The van der Waals surface area contributed by atoms with Crippen molar-refractivity contribution in [1.29, 1.82) is 0 Å². The Kier molecular flexibility index (Phi) is 4.23. The number of nitrogens with zero attached hydrogens (tertiary/aromatic N) is 3. The van der Waals surface area contributed by atoms with E-state index in [0.29, 0.717) is 20.8 Å². The smallest absolute Gasteiger partial charge is 0.270 e. The number of carbonyl (C=O) groups is 1. The summed E-state index contributed by atoms with van der Waals surface area (Å²) in [7, 11) is 0. The van der Waals surface area contributed by atoms with Crippen LogP contribution in [0.25, 0.3) is 16.3 Å². The Morgan fingerprint density at radius 3 is 2.85 bits per heavy atom. The van der Waals surface area contributed by atoms with E-state index in [9.17, 15) is 14.9 Å². The van der Waals surface area contributed by atoms with Gasteiger partial charge in [-0.3, -0.25) is 14.9 Å². The van der Waals surface area contributed by atoms with Crippen LogP contribution < -0.4 is 5.32 Å². The van der Waals surface area contributed by atoms with Crippen molar-refractivity contribution in [3.8, 4) is 0 Å². The summed E-state index contributed by atoms with van der Waals surface area (Å²) in [6.45, 7) is 0. The maximum Gasteiger partial charge on any atom is 0.270 e. The first-order valence-electron chi connectivity index (χ1n) is 7.48. The second-order valence-corrected chi connectivity index (χ2v) is 7.34. The fourth-order valence-electron chi connectivity index (χ4n) is 2.35. The lowest BCUT2D eigenvalue weighted by atomic mass is 10.2. The zero-order valence-corrected chi connectivity index (χ0v) is 14.7. The molecule has 9 heteroatoms. The Morgan fingerprint density at radius 1 is 1.19 bits per heavy atom. The fourth-order valence-corrected chi connectivity index (χ4v) is 4.08. The summed E-state index contributed by atoms with van der Waals surface area (Å²) in [5.74, 6) is -0.290. The molecule has 1 amide bonds. The number of aliphatic imine (C=N–C) groups is 1. The number of carbonyl (C=O) groups excluding carboxylic acids is 1. The molecule has 0 saturated carbocycles. The van der Waals surface area contributed by atoms with Crippen molar-refractivity contribution in [3.05, 3.63) is 69.1 Å². The molecular weight excluding hydrogens is 372 g/mol. The number of amides is 1. The van der Waals surface area contributed by atoms with E-state index in [1.807, 2.05) is 24.3 Å². The van der Waals surface area contributed by atoms with E-state index in [1.165, 1.54) is 35.2 Å². The number of nitrogens with one attached hydrogen (secondary N) is 1. The molecule has 1 fully saturated rings.